The lowest BCUT2D eigenvalue weighted by Crippen LogP contribution is -2.41. The van der Waals surface area contributed by atoms with Gasteiger partial charge in [0.1, 0.15) is 5.00 Å². The van der Waals surface area contributed by atoms with E-state index >= 15 is 0 Å². The molecule has 3 rings (SSSR count). The van der Waals surface area contributed by atoms with Gasteiger partial charge in [-0.3, -0.25) is 14.5 Å². The number of anilines is 1. The van der Waals surface area contributed by atoms with E-state index in [1.54, 1.807) is 0 Å². The fraction of sp³-hybridized carbons (Fsp3) is 0.400. The summed E-state index contributed by atoms with van der Waals surface area (Å²) in [6.07, 6.45) is 0.832. The van der Waals surface area contributed by atoms with Gasteiger partial charge in [-0.1, -0.05) is 36.8 Å². The smallest absolute Gasteiger partial charge is 0.239 e. The normalized spacial score (nSPS) is 15.0. The standard InChI is InChI=1S/C20H24N2O3S/c1-3-16-12-17(19(24)15-6-4-14(2)5-7-15)20(26-16)21-18(23)13-22-8-10-25-11-9-22/h4-7,12H,3,8-11,13H2,1-2H3,(H,21,23). The van der Waals surface area contributed by atoms with Crippen LogP contribution in [0.15, 0.2) is 30.3 Å². The van der Waals surface area contributed by atoms with Gasteiger partial charge in [0, 0.05) is 23.5 Å². The van der Waals surface area contributed by atoms with Crippen LogP contribution in [0, 0.1) is 6.92 Å². The SMILES string of the molecule is CCc1cc(C(=O)c2ccc(C)cc2)c(NC(=O)CN2CCOCC2)s1. The molecule has 0 aliphatic carbocycles. The van der Waals surface area contributed by atoms with Crippen LogP contribution in [-0.4, -0.2) is 49.4 Å². The Bertz CT molecular complexity index is 777. The number of carbonyl (C=O) groups excluding carboxylic acids is 2. The Morgan fingerprint density at radius 2 is 1.88 bits per heavy atom. The molecule has 1 aromatic carbocycles. The van der Waals surface area contributed by atoms with Gasteiger partial charge in [-0.15, -0.1) is 11.3 Å². The molecule has 6 heteroatoms. The number of nitrogens with zero attached hydrogens (tertiary/aromatic N) is 1. The quantitative estimate of drug-likeness (QED) is 0.792. The largest absolute Gasteiger partial charge is 0.379 e. The van der Waals surface area contributed by atoms with Gasteiger partial charge in [0.05, 0.1) is 25.3 Å². The van der Waals surface area contributed by atoms with Gasteiger partial charge in [0.2, 0.25) is 5.91 Å². The van der Waals surface area contributed by atoms with E-state index < -0.39 is 0 Å². The molecule has 26 heavy (non-hydrogen) atoms. The van der Waals surface area contributed by atoms with Crippen molar-refractivity contribution < 1.29 is 14.3 Å². The highest BCUT2D eigenvalue weighted by molar-refractivity contribution is 7.16. The van der Waals surface area contributed by atoms with E-state index in [1.807, 2.05) is 44.2 Å². The number of rotatable bonds is 6. The summed E-state index contributed by atoms with van der Waals surface area (Å²) in [5, 5.41) is 3.60. The van der Waals surface area contributed by atoms with E-state index in [9.17, 15) is 9.59 Å². The third kappa shape index (κ3) is 4.58. The molecular weight excluding hydrogens is 348 g/mol. The van der Waals surface area contributed by atoms with Crippen LogP contribution in [0.2, 0.25) is 0 Å². The lowest BCUT2D eigenvalue weighted by Gasteiger charge is -2.25. The van der Waals surface area contributed by atoms with Gasteiger partial charge < -0.3 is 10.1 Å². The van der Waals surface area contributed by atoms with Crippen LogP contribution in [-0.2, 0) is 16.0 Å². The Morgan fingerprint density at radius 1 is 1.19 bits per heavy atom. The molecule has 1 fully saturated rings. The monoisotopic (exact) mass is 372 g/mol. The summed E-state index contributed by atoms with van der Waals surface area (Å²) in [6.45, 7) is 7.19. The van der Waals surface area contributed by atoms with Gasteiger partial charge in [0.15, 0.2) is 5.78 Å². The van der Waals surface area contributed by atoms with Crippen molar-refractivity contribution in [3.63, 3.8) is 0 Å². The van der Waals surface area contributed by atoms with Gasteiger partial charge in [-0.2, -0.15) is 0 Å². The minimum Gasteiger partial charge on any atom is -0.379 e. The molecule has 2 heterocycles. The summed E-state index contributed by atoms with van der Waals surface area (Å²) in [5.74, 6) is -0.142. The highest BCUT2D eigenvalue weighted by atomic mass is 32.1. The van der Waals surface area contributed by atoms with E-state index in [0.717, 1.165) is 30.0 Å². The van der Waals surface area contributed by atoms with E-state index in [2.05, 4.69) is 10.2 Å². The maximum Gasteiger partial charge on any atom is 0.239 e. The van der Waals surface area contributed by atoms with Crippen molar-refractivity contribution >= 4 is 28.0 Å². The number of morpholine rings is 1. The molecule has 138 valence electrons. The first-order chi connectivity index (χ1) is 12.6. The Balaban J connectivity index is 1.76. The molecule has 1 aliphatic heterocycles. The summed E-state index contributed by atoms with van der Waals surface area (Å²) >= 11 is 1.48. The van der Waals surface area contributed by atoms with Crippen LogP contribution in [0.5, 0.6) is 0 Å². The predicted octanol–water partition coefficient (Wildman–Crippen LogP) is 3.12. The Morgan fingerprint density at radius 3 is 2.54 bits per heavy atom. The van der Waals surface area contributed by atoms with Crippen molar-refractivity contribution in [3.8, 4) is 0 Å². The van der Waals surface area contributed by atoms with Gasteiger partial charge in [-0.25, -0.2) is 0 Å². The van der Waals surface area contributed by atoms with Gasteiger partial charge >= 0.3 is 0 Å². The molecule has 5 nitrogen and oxygen atoms in total. The number of amides is 1. The second kappa shape index (κ2) is 8.58. The van der Waals surface area contributed by atoms with E-state index in [-0.39, 0.29) is 11.7 Å². The number of hydrogen-bond acceptors (Lipinski definition) is 5. The molecule has 0 unspecified atom stereocenters. The van der Waals surface area contributed by atoms with Gasteiger partial charge in [0.25, 0.3) is 0 Å². The maximum absolute atomic E-state index is 12.9. The molecule has 1 saturated heterocycles. The van der Waals surface area contributed by atoms with Crippen LogP contribution in [0.4, 0.5) is 5.00 Å². The molecule has 0 atom stereocenters. The number of nitrogens with one attached hydrogen (secondary N) is 1. The molecule has 1 amide bonds. The molecule has 0 radical (unpaired) electrons. The number of ether oxygens (including phenoxy) is 1. The van der Waals surface area contributed by atoms with Crippen LogP contribution in [0.25, 0.3) is 0 Å². The summed E-state index contributed by atoms with van der Waals surface area (Å²) in [6, 6.07) is 9.42. The van der Waals surface area contributed by atoms with Crippen molar-refractivity contribution in [3.05, 3.63) is 51.9 Å². The van der Waals surface area contributed by atoms with Crippen LogP contribution in [0.3, 0.4) is 0 Å². The summed E-state index contributed by atoms with van der Waals surface area (Å²) in [4.78, 5) is 28.5. The number of carbonyl (C=O) groups is 2. The predicted molar refractivity (Wildman–Crippen MR) is 104 cm³/mol. The Hall–Kier alpha value is -2.02. The molecule has 0 bridgehead atoms. The van der Waals surface area contributed by atoms with Crippen molar-refractivity contribution in [2.45, 2.75) is 20.3 Å². The molecule has 0 saturated carbocycles. The van der Waals surface area contributed by atoms with Crippen molar-refractivity contribution in [2.75, 3.05) is 38.2 Å². The number of ketones is 1. The second-order valence-corrected chi connectivity index (χ2v) is 7.58. The molecule has 1 N–H and O–H groups in total. The number of hydrogen-bond donors (Lipinski definition) is 1. The number of thiophene rings is 1. The zero-order valence-electron chi connectivity index (χ0n) is 15.2. The highest BCUT2D eigenvalue weighted by Gasteiger charge is 2.20. The fourth-order valence-electron chi connectivity index (χ4n) is 2.87. The highest BCUT2D eigenvalue weighted by Crippen LogP contribution is 2.30. The zero-order valence-corrected chi connectivity index (χ0v) is 16.0. The second-order valence-electron chi connectivity index (χ2n) is 6.44. The maximum atomic E-state index is 12.9. The van der Waals surface area contributed by atoms with Crippen LogP contribution in [0.1, 0.15) is 33.3 Å². The summed E-state index contributed by atoms with van der Waals surface area (Å²) in [7, 11) is 0. The van der Waals surface area contributed by atoms with E-state index in [4.69, 9.17) is 4.74 Å². The Kier molecular flexibility index (Phi) is 6.19. The first kappa shape index (κ1) is 18.8. The third-order valence-electron chi connectivity index (χ3n) is 4.41. The minimum absolute atomic E-state index is 0.0531. The number of aryl methyl sites for hydroxylation is 2. The zero-order chi connectivity index (χ0) is 18.5. The van der Waals surface area contributed by atoms with Crippen LogP contribution >= 0.6 is 11.3 Å². The topological polar surface area (TPSA) is 58.6 Å². The number of benzene rings is 1. The molecular formula is C20H24N2O3S. The van der Waals surface area contributed by atoms with Crippen molar-refractivity contribution in [1.29, 1.82) is 0 Å². The van der Waals surface area contributed by atoms with Gasteiger partial charge in [-0.05, 0) is 19.4 Å². The first-order valence-corrected chi connectivity index (χ1v) is 9.72. The molecule has 0 spiro atoms. The summed E-state index contributed by atoms with van der Waals surface area (Å²) < 4.78 is 5.31. The minimum atomic E-state index is -0.0886. The average Bonchev–Trinajstić information content (AvgIpc) is 3.05. The molecule has 2 aromatic rings. The van der Waals surface area contributed by atoms with E-state index in [1.165, 1.54) is 11.3 Å². The molecule has 1 aromatic heterocycles. The van der Waals surface area contributed by atoms with E-state index in [0.29, 0.717) is 35.9 Å². The third-order valence-corrected chi connectivity index (χ3v) is 5.61. The van der Waals surface area contributed by atoms with Crippen molar-refractivity contribution in [1.82, 2.24) is 4.90 Å². The first-order valence-electron chi connectivity index (χ1n) is 8.91. The lowest BCUT2D eigenvalue weighted by atomic mass is 10.0. The van der Waals surface area contributed by atoms with Crippen LogP contribution < -0.4 is 5.32 Å². The fourth-order valence-corrected chi connectivity index (χ4v) is 3.88. The van der Waals surface area contributed by atoms with Crippen molar-refractivity contribution in [2.24, 2.45) is 0 Å². The lowest BCUT2D eigenvalue weighted by molar-refractivity contribution is -0.118. The average molecular weight is 372 g/mol. The Labute approximate surface area is 158 Å². The summed E-state index contributed by atoms with van der Waals surface area (Å²) in [5.41, 5.74) is 2.32. The molecule has 1 aliphatic rings.